The van der Waals surface area contributed by atoms with Crippen LogP contribution in [0.3, 0.4) is 0 Å². The summed E-state index contributed by atoms with van der Waals surface area (Å²) in [6.07, 6.45) is 4.87. The largest absolute Gasteiger partial charge is 0.476 e. The SMILES string of the molecule is CN(C)CCOc1ncc(C(=O)Nc2ccc(Cl)c(Cl)c2)cc1-c1cccnc1. The number of carbonyl (C=O) groups is 1. The maximum atomic E-state index is 12.7. The first-order chi connectivity index (χ1) is 13.9. The first kappa shape index (κ1) is 21.0. The summed E-state index contributed by atoms with van der Waals surface area (Å²) < 4.78 is 5.84. The Morgan fingerprint density at radius 2 is 1.97 bits per heavy atom. The third kappa shape index (κ3) is 5.67. The van der Waals surface area contributed by atoms with Crippen molar-refractivity contribution in [1.82, 2.24) is 14.9 Å². The highest BCUT2D eigenvalue weighted by Gasteiger charge is 2.15. The first-order valence-electron chi connectivity index (χ1n) is 8.88. The third-order valence-electron chi connectivity index (χ3n) is 4.04. The summed E-state index contributed by atoms with van der Waals surface area (Å²) in [4.78, 5) is 23.3. The molecule has 29 heavy (non-hydrogen) atoms. The molecule has 0 aliphatic carbocycles. The molecule has 0 saturated heterocycles. The fourth-order valence-electron chi connectivity index (χ4n) is 2.52. The van der Waals surface area contributed by atoms with Gasteiger partial charge in [0.1, 0.15) is 6.61 Å². The zero-order valence-corrected chi connectivity index (χ0v) is 17.5. The Morgan fingerprint density at radius 3 is 2.66 bits per heavy atom. The smallest absolute Gasteiger partial charge is 0.257 e. The van der Waals surface area contributed by atoms with E-state index in [0.717, 1.165) is 12.1 Å². The zero-order chi connectivity index (χ0) is 20.8. The molecule has 0 aliphatic rings. The molecule has 0 saturated carbocycles. The molecule has 0 unspecified atom stereocenters. The number of hydrogen-bond donors (Lipinski definition) is 1. The monoisotopic (exact) mass is 430 g/mol. The molecule has 0 bridgehead atoms. The Bertz CT molecular complexity index is 997. The van der Waals surface area contributed by atoms with Crippen molar-refractivity contribution in [2.75, 3.05) is 32.6 Å². The number of nitrogens with zero attached hydrogens (tertiary/aromatic N) is 3. The quantitative estimate of drug-likeness (QED) is 0.590. The second kappa shape index (κ2) is 9.69. The topological polar surface area (TPSA) is 67.3 Å². The molecule has 150 valence electrons. The van der Waals surface area contributed by atoms with Gasteiger partial charge in [-0.1, -0.05) is 29.3 Å². The van der Waals surface area contributed by atoms with E-state index in [2.05, 4.69) is 15.3 Å². The number of aromatic nitrogens is 2. The minimum atomic E-state index is -0.319. The van der Waals surface area contributed by atoms with Crippen LogP contribution >= 0.6 is 23.2 Å². The van der Waals surface area contributed by atoms with Crippen molar-refractivity contribution in [2.45, 2.75) is 0 Å². The van der Waals surface area contributed by atoms with E-state index in [1.54, 1.807) is 36.7 Å². The molecule has 1 N–H and O–H groups in total. The molecule has 0 fully saturated rings. The average molecular weight is 431 g/mol. The summed E-state index contributed by atoms with van der Waals surface area (Å²) in [5.74, 6) is 0.131. The number of ether oxygens (including phenoxy) is 1. The number of nitrogens with one attached hydrogen (secondary N) is 1. The Balaban J connectivity index is 1.87. The molecule has 1 amide bonds. The van der Waals surface area contributed by atoms with Gasteiger partial charge in [0.2, 0.25) is 5.88 Å². The highest BCUT2D eigenvalue weighted by atomic mass is 35.5. The van der Waals surface area contributed by atoms with Crippen molar-refractivity contribution in [3.8, 4) is 17.0 Å². The lowest BCUT2D eigenvalue weighted by atomic mass is 10.1. The summed E-state index contributed by atoms with van der Waals surface area (Å²) in [5, 5.41) is 3.58. The van der Waals surface area contributed by atoms with E-state index in [4.69, 9.17) is 27.9 Å². The van der Waals surface area contributed by atoms with Crippen LogP contribution in [0.25, 0.3) is 11.1 Å². The van der Waals surface area contributed by atoms with Crippen LogP contribution in [0.1, 0.15) is 10.4 Å². The maximum absolute atomic E-state index is 12.7. The van der Waals surface area contributed by atoms with E-state index < -0.39 is 0 Å². The van der Waals surface area contributed by atoms with E-state index in [9.17, 15) is 4.79 Å². The molecule has 2 heterocycles. The van der Waals surface area contributed by atoms with Crippen LogP contribution in [0.5, 0.6) is 5.88 Å². The molecule has 0 spiro atoms. The molecule has 8 heteroatoms. The van der Waals surface area contributed by atoms with Crippen LogP contribution in [-0.2, 0) is 0 Å². The Kier molecular flexibility index (Phi) is 7.04. The van der Waals surface area contributed by atoms with E-state index in [1.807, 2.05) is 31.1 Å². The summed E-state index contributed by atoms with van der Waals surface area (Å²) in [6.45, 7) is 1.22. The molecule has 0 atom stereocenters. The molecule has 6 nitrogen and oxygen atoms in total. The lowest BCUT2D eigenvalue weighted by molar-refractivity contribution is 0.102. The van der Waals surface area contributed by atoms with Crippen molar-refractivity contribution < 1.29 is 9.53 Å². The number of amides is 1. The van der Waals surface area contributed by atoms with Gasteiger partial charge in [0.15, 0.2) is 0 Å². The van der Waals surface area contributed by atoms with Crippen LogP contribution in [0.15, 0.2) is 55.0 Å². The summed E-state index contributed by atoms with van der Waals surface area (Å²) in [5.41, 5.74) is 2.43. The Labute approximate surface area is 179 Å². The van der Waals surface area contributed by atoms with Gasteiger partial charge in [0, 0.05) is 41.9 Å². The van der Waals surface area contributed by atoms with Gasteiger partial charge in [0.05, 0.1) is 15.6 Å². The number of hydrogen-bond acceptors (Lipinski definition) is 5. The fraction of sp³-hybridized carbons (Fsp3) is 0.190. The van der Waals surface area contributed by atoms with Gasteiger partial charge < -0.3 is 15.0 Å². The molecule has 2 aromatic heterocycles. The van der Waals surface area contributed by atoms with Crippen molar-refractivity contribution >= 4 is 34.8 Å². The molecule has 3 rings (SSSR count). The van der Waals surface area contributed by atoms with Crippen molar-refractivity contribution in [3.63, 3.8) is 0 Å². The lowest BCUT2D eigenvalue weighted by Gasteiger charge is -2.14. The minimum absolute atomic E-state index is 0.319. The maximum Gasteiger partial charge on any atom is 0.257 e. The molecule has 0 aliphatic heterocycles. The molecule has 0 radical (unpaired) electrons. The van der Waals surface area contributed by atoms with Crippen LogP contribution in [0, 0.1) is 0 Å². The number of halogens is 2. The average Bonchev–Trinajstić information content (AvgIpc) is 2.71. The van der Waals surface area contributed by atoms with E-state index in [-0.39, 0.29) is 5.91 Å². The van der Waals surface area contributed by atoms with Gasteiger partial charge in [-0.15, -0.1) is 0 Å². The number of rotatable bonds is 7. The molecular weight excluding hydrogens is 411 g/mol. The number of pyridine rings is 2. The van der Waals surface area contributed by atoms with Crippen molar-refractivity contribution in [2.24, 2.45) is 0 Å². The molecular formula is C21H20Cl2N4O2. The van der Waals surface area contributed by atoms with E-state index in [1.165, 1.54) is 6.20 Å². The predicted octanol–water partition coefficient (Wildman–Crippen LogP) is 4.64. The summed E-state index contributed by atoms with van der Waals surface area (Å²) in [7, 11) is 3.94. The van der Waals surface area contributed by atoms with E-state index >= 15 is 0 Å². The van der Waals surface area contributed by atoms with E-state index in [0.29, 0.717) is 39.3 Å². The van der Waals surface area contributed by atoms with Crippen LogP contribution in [0.2, 0.25) is 10.0 Å². The second-order valence-electron chi connectivity index (χ2n) is 6.55. The summed E-state index contributed by atoms with van der Waals surface area (Å²) >= 11 is 11.9. The van der Waals surface area contributed by atoms with Gasteiger partial charge >= 0.3 is 0 Å². The van der Waals surface area contributed by atoms with Gasteiger partial charge in [-0.05, 0) is 44.4 Å². The normalized spacial score (nSPS) is 10.8. The van der Waals surface area contributed by atoms with Gasteiger partial charge in [0.25, 0.3) is 5.91 Å². The highest BCUT2D eigenvalue weighted by molar-refractivity contribution is 6.42. The first-order valence-corrected chi connectivity index (χ1v) is 9.64. The van der Waals surface area contributed by atoms with Gasteiger partial charge in [-0.2, -0.15) is 0 Å². The molecule has 3 aromatic rings. The van der Waals surface area contributed by atoms with Crippen LogP contribution in [-0.4, -0.2) is 48.0 Å². The van der Waals surface area contributed by atoms with Crippen molar-refractivity contribution in [1.29, 1.82) is 0 Å². The standard InChI is InChI=1S/C21H20Cl2N4O2/c1-27(2)8-9-29-21-17(14-4-3-7-24-12-14)10-15(13-25-21)20(28)26-16-5-6-18(22)19(23)11-16/h3-7,10-13H,8-9H2,1-2H3,(H,26,28). The second-order valence-corrected chi connectivity index (χ2v) is 7.37. The lowest BCUT2D eigenvalue weighted by Crippen LogP contribution is -2.20. The zero-order valence-electron chi connectivity index (χ0n) is 16.0. The fourth-order valence-corrected chi connectivity index (χ4v) is 2.82. The number of anilines is 1. The Morgan fingerprint density at radius 1 is 1.14 bits per heavy atom. The highest BCUT2D eigenvalue weighted by Crippen LogP contribution is 2.29. The molecule has 1 aromatic carbocycles. The van der Waals surface area contributed by atoms with Crippen molar-refractivity contribution in [3.05, 3.63) is 70.6 Å². The number of benzene rings is 1. The number of carbonyl (C=O) groups excluding carboxylic acids is 1. The predicted molar refractivity (Wildman–Crippen MR) is 116 cm³/mol. The van der Waals surface area contributed by atoms with Gasteiger partial charge in [-0.3, -0.25) is 9.78 Å². The Hall–Kier alpha value is -2.67. The van der Waals surface area contributed by atoms with Crippen LogP contribution < -0.4 is 10.1 Å². The van der Waals surface area contributed by atoms with Crippen LogP contribution in [0.4, 0.5) is 5.69 Å². The van der Waals surface area contributed by atoms with Gasteiger partial charge in [-0.25, -0.2) is 4.98 Å². The minimum Gasteiger partial charge on any atom is -0.476 e. The summed E-state index contributed by atoms with van der Waals surface area (Å²) in [6, 6.07) is 10.4. The number of likely N-dealkylation sites (N-methyl/N-ethyl adjacent to an activating group) is 1. The third-order valence-corrected chi connectivity index (χ3v) is 4.78.